The first-order valence-electron chi connectivity index (χ1n) is 5.33. The van der Waals surface area contributed by atoms with E-state index >= 15 is 0 Å². The first-order chi connectivity index (χ1) is 7.24. The SMILES string of the molecule is NCC(c1cccc2c1CCC2)C(F)F. The van der Waals surface area contributed by atoms with E-state index in [1.165, 1.54) is 5.56 Å². The third-order valence-electron chi connectivity index (χ3n) is 3.14. The van der Waals surface area contributed by atoms with Crippen LogP contribution < -0.4 is 5.73 Å². The monoisotopic (exact) mass is 211 g/mol. The lowest BCUT2D eigenvalue weighted by atomic mass is 9.92. The summed E-state index contributed by atoms with van der Waals surface area (Å²) in [6.45, 7) is 0.0219. The average Bonchev–Trinajstić information content (AvgIpc) is 2.66. The van der Waals surface area contributed by atoms with Crippen LogP contribution in [0.15, 0.2) is 18.2 Å². The summed E-state index contributed by atoms with van der Waals surface area (Å²) in [5.74, 6) is -0.793. The maximum absolute atomic E-state index is 12.8. The quantitative estimate of drug-likeness (QED) is 0.816. The molecule has 1 nitrogen and oxygen atoms in total. The maximum atomic E-state index is 12.8. The number of halogens is 2. The van der Waals surface area contributed by atoms with Crippen LogP contribution >= 0.6 is 0 Å². The molecule has 0 fully saturated rings. The van der Waals surface area contributed by atoms with Gasteiger partial charge in [0, 0.05) is 6.54 Å². The van der Waals surface area contributed by atoms with Gasteiger partial charge in [0.1, 0.15) is 0 Å². The van der Waals surface area contributed by atoms with Crippen LogP contribution in [-0.2, 0) is 12.8 Å². The Kier molecular flexibility index (Phi) is 3.00. The van der Waals surface area contributed by atoms with Crippen LogP contribution in [0.4, 0.5) is 8.78 Å². The Balaban J connectivity index is 2.39. The number of hydrogen-bond donors (Lipinski definition) is 1. The van der Waals surface area contributed by atoms with Crippen LogP contribution in [0.2, 0.25) is 0 Å². The first-order valence-corrected chi connectivity index (χ1v) is 5.33. The second kappa shape index (κ2) is 4.27. The molecule has 0 bridgehead atoms. The number of aryl methyl sites for hydroxylation is 1. The minimum atomic E-state index is -2.36. The van der Waals surface area contributed by atoms with Crippen LogP contribution in [0.3, 0.4) is 0 Å². The molecule has 1 aromatic rings. The Morgan fingerprint density at radius 2 is 2.07 bits per heavy atom. The van der Waals surface area contributed by atoms with Crippen molar-refractivity contribution in [3.8, 4) is 0 Å². The number of benzene rings is 1. The molecule has 1 aromatic carbocycles. The van der Waals surface area contributed by atoms with Crippen molar-refractivity contribution < 1.29 is 8.78 Å². The highest BCUT2D eigenvalue weighted by Crippen LogP contribution is 2.32. The molecule has 1 atom stereocenters. The van der Waals surface area contributed by atoms with E-state index in [1.54, 1.807) is 6.07 Å². The molecule has 0 spiro atoms. The Bertz CT molecular complexity index is 349. The molecule has 0 radical (unpaired) electrons. The summed E-state index contributed by atoms with van der Waals surface area (Å²) in [5.41, 5.74) is 8.53. The number of hydrogen-bond acceptors (Lipinski definition) is 1. The van der Waals surface area contributed by atoms with E-state index in [0.29, 0.717) is 0 Å². The minimum Gasteiger partial charge on any atom is -0.330 e. The van der Waals surface area contributed by atoms with E-state index in [0.717, 1.165) is 30.4 Å². The van der Waals surface area contributed by atoms with E-state index in [2.05, 4.69) is 0 Å². The Labute approximate surface area is 88.3 Å². The van der Waals surface area contributed by atoms with Gasteiger partial charge in [-0.3, -0.25) is 0 Å². The van der Waals surface area contributed by atoms with Crippen LogP contribution in [0.5, 0.6) is 0 Å². The van der Waals surface area contributed by atoms with Gasteiger partial charge in [0.2, 0.25) is 6.43 Å². The van der Waals surface area contributed by atoms with Gasteiger partial charge >= 0.3 is 0 Å². The molecule has 82 valence electrons. The first kappa shape index (κ1) is 10.6. The number of fused-ring (bicyclic) bond motifs is 1. The maximum Gasteiger partial charge on any atom is 0.246 e. The van der Waals surface area contributed by atoms with E-state index in [9.17, 15) is 8.78 Å². The third kappa shape index (κ3) is 1.88. The second-order valence-corrected chi connectivity index (χ2v) is 4.02. The Morgan fingerprint density at radius 3 is 2.73 bits per heavy atom. The van der Waals surface area contributed by atoms with Gasteiger partial charge < -0.3 is 5.73 Å². The van der Waals surface area contributed by atoms with Gasteiger partial charge in [0.05, 0.1) is 5.92 Å². The van der Waals surface area contributed by atoms with Gasteiger partial charge in [-0.25, -0.2) is 8.78 Å². The Hall–Kier alpha value is -0.960. The van der Waals surface area contributed by atoms with Crippen molar-refractivity contribution in [2.45, 2.75) is 31.6 Å². The standard InChI is InChI=1S/C12H15F2N/c13-12(14)11(7-15)10-6-2-4-8-3-1-5-9(8)10/h2,4,6,11-12H,1,3,5,7,15H2. The fraction of sp³-hybridized carbons (Fsp3) is 0.500. The molecule has 1 aliphatic rings. The van der Waals surface area contributed by atoms with Gasteiger partial charge in [-0.15, -0.1) is 0 Å². The average molecular weight is 211 g/mol. The number of rotatable bonds is 3. The summed E-state index contributed by atoms with van der Waals surface area (Å²) >= 11 is 0. The summed E-state index contributed by atoms with van der Waals surface area (Å²) in [5, 5.41) is 0. The molecule has 1 aliphatic carbocycles. The lowest BCUT2D eigenvalue weighted by molar-refractivity contribution is 0.116. The van der Waals surface area contributed by atoms with Crippen LogP contribution in [0.25, 0.3) is 0 Å². The largest absolute Gasteiger partial charge is 0.330 e. The molecular formula is C12H15F2N. The molecule has 0 aromatic heterocycles. The summed E-state index contributed by atoms with van der Waals surface area (Å²) in [6.07, 6.45) is 0.660. The predicted molar refractivity (Wildman–Crippen MR) is 56.3 cm³/mol. The van der Waals surface area contributed by atoms with Crippen molar-refractivity contribution in [2.24, 2.45) is 5.73 Å². The number of alkyl halides is 2. The molecule has 15 heavy (non-hydrogen) atoms. The van der Waals surface area contributed by atoms with Gasteiger partial charge in [0.15, 0.2) is 0 Å². The molecule has 0 saturated carbocycles. The van der Waals surface area contributed by atoms with Crippen molar-refractivity contribution in [3.05, 3.63) is 34.9 Å². The fourth-order valence-corrected chi connectivity index (χ4v) is 2.36. The molecule has 0 aliphatic heterocycles. The third-order valence-corrected chi connectivity index (χ3v) is 3.14. The normalized spacial score (nSPS) is 16.8. The zero-order chi connectivity index (χ0) is 10.8. The molecule has 0 saturated heterocycles. The molecule has 2 rings (SSSR count). The van der Waals surface area contributed by atoms with Crippen molar-refractivity contribution in [2.75, 3.05) is 6.54 Å². The zero-order valence-corrected chi connectivity index (χ0v) is 8.55. The smallest absolute Gasteiger partial charge is 0.246 e. The summed E-state index contributed by atoms with van der Waals surface area (Å²) in [4.78, 5) is 0. The highest BCUT2D eigenvalue weighted by atomic mass is 19.3. The van der Waals surface area contributed by atoms with E-state index in [4.69, 9.17) is 5.73 Å². The summed E-state index contributed by atoms with van der Waals surface area (Å²) < 4.78 is 25.5. The molecule has 2 N–H and O–H groups in total. The van der Waals surface area contributed by atoms with E-state index < -0.39 is 12.3 Å². The van der Waals surface area contributed by atoms with Crippen molar-refractivity contribution in [1.29, 1.82) is 0 Å². The molecule has 0 heterocycles. The van der Waals surface area contributed by atoms with Crippen LogP contribution in [0, 0.1) is 0 Å². The zero-order valence-electron chi connectivity index (χ0n) is 8.55. The predicted octanol–water partition coefficient (Wildman–Crippen LogP) is 2.48. The summed E-state index contributed by atoms with van der Waals surface area (Å²) in [6, 6.07) is 5.70. The summed E-state index contributed by atoms with van der Waals surface area (Å²) in [7, 11) is 0. The van der Waals surface area contributed by atoms with E-state index in [-0.39, 0.29) is 6.54 Å². The Morgan fingerprint density at radius 1 is 1.27 bits per heavy atom. The lowest BCUT2D eigenvalue weighted by Gasteiger charge is -2.17. The van der Waals surface area contributed by atoms with E-state index in [1.807, 2.05) is 12.1 Å². The van der Waals surface area contributed by atoms with Crippen molar-refractivity contribution >= 4 is 0 Å². The van der Waals surface area contributed by atoms with Crippen LogP contribution in [-0.4, -0.2) is 13.0 Å². The van der Waals surface area contributed by atoms with Crippen molar-refractivity contribution in [1.82, 2.24) is 0 Å². The topological polar surface area (TPSA) is 26.0 Å². The minimum absolute atomic E-state index is 0.0219. The number of nitrogens with two attached hydrogens (primary N) is 1. The van der Waals surface area contributed by atoms with Crippen LogP contribution in [0.1, 0.15) is 29.0 Å². The van der Waals surface area contributed by atoms with Gasteiger partial charge in [-0.05, 0) is 36.0 Å². The molecule has 1 unspecified atom stereocenters. The molecular weight excluding hydrogens is 196 g/mol. The van der Waals surface area contributed by atoms with Crippen molar-refractivity contribution in [3.63, 3.8) is 0 Å². The van der Waals surface area contributed by atoms with Gasteiger partial charge in [-0.2, -0.15) is 0 Å². The van der Waals surface area contributed by atoms with Gasteiger partial charge in [-0.1, -0.05) is 18.2 Å². The molecule has 3 heteroatoms. The lowest BCUT2D eigenvalue weighted by Crippen LogP contribution is -2.21. The molecule has 0 amide bonds. The fourth-order valence-electron chi connectivity index (χ4n) is 2.36. The second-order valence-electron chi connectivity index (χ2n) is 4.02. The van der Waals surface area contributed by atoms with Gasteiger partial charge in [0.25, 0.3) is 0 Å². The highest BCUT2D eigenvalue weighted by Gasteiger charge is 2.25. The highest BCUT2D eigenvalue weighted by molar-refractivity contribution is 5.40.